The summed E-state index contributed by atoms with van der Waals surface area (Å²) in [5.41, 5.74) is 1.48. The number of ether oxygens (including phenoxy) is 2. The molecule has 1 aromatic carbocycles. The van der Waals surface area contributed by atoms with Crippen LogP contribution in [0.4, 0.5) is 0 Å². The molecule has 19 heavy (non-hydrogen) atoms. The molecule has 0 saturated carbocycles. The molecule has 0 saturated heterocycles. The minimum absolute atomic E-state index is 0.290. The van der Waals surface area contributed by atoms with Crippen molar-refractivity contribution in [2.45, 2.75) is 13.3 Å². The fourth-order valence-corrected chi connectivity index (χ4v) is 1.94. The van der Waals surface area contributed by atoms with Crippen LogP contribution in [0.2, 0.25) is 5.15 Å². The van der Waals surface area contributed by atoms with Gasteiger partial charge in [-0.1, -0.05) is 30.7 Å². The maximum Gasteiger partial charge on any atom is 0.182 e. The molecular formula is C14H15ClN2O2. The fraction of sp³-hybridized carbons (Fsp3) is 0.286. The van der Waals surface area contributed by atoms with Crippen LogP contribution >= 0.6 is 11.6 Å². The largest absolute Gasteiger partial charge is 0.493 e. The van der Waals surface area contributed by atoms with E-state index in [0.29, 0.717) is 18.1 Å². The summed E-state index contributed by atoms with van der Waals surface area (Å²) in [5, 5.41) is 0.290. The van der Waals surface area contributed by atoms with Crippen LogP contribution in [0.25, 0.3) is 11.3 Å². The zero-order chi connectivity index (χ0) is 13.7. The van der Waals surface area contributed by atoms with Gasteiger partial charge in [0.05, 0.1) is 13.7 Å². The molecule has 1 aromatic heterocycles. The van der Waals surface area contributed by atoms with E-state index in [-0.39, 0.29) is 5.15 Å². The Kier molecular flexibility index (Phi) is 4.58. The standard InChI is InChI=1S/C14H15ClN2O2/c1-3-8-19-11-7-5-4-6-10(11)12-13(18-2)14(15)17-9-16-12/h4-7,9H,3,8H2,1-2H3. The van der Waals surface area contributed by atoms with Crippen LogP contribution in [-0.2, 0) is 0 Å². The van der Waals surface area contributed by atoms with E-state index in [2.05, 4.69) is 16.9 Å². The molecule has 0 aliphatic rings. The number of benzene rings is 1. The third-order valence-electron chi connectivity index (χ3n) is 2.57. The highest BCUT2D eigenvalue weighted by molar-refractivity contribution is 6.31. The fourth-order valence-electron chi connectivity index (χ4n) is 1.73. The Morgan fingerprint density at radius 1 is 1.21 bits per heavy atom. The number of aromatic nitrogens is 2. The smallest absolute Gasteiger partial charge is 0.182 e. The van der Waals surface area contributed by atoms with Crippen molar-refractivity contribution in [2.24, 2.45) is 0 Å². The van der Waals surface area contributed by atoms with Crippen LogP contribution in [0, 0.1) is 0 Å². The summed E-state index contributed by atoms with van der Waals surface area (Å²) in [5.74, 6) is 1.22. The van der Waals surface area contributed by atoms with Crippen molar-refractivity contribution in [2.75, 3.05) is 13.7 Å². The van der Waals surface area contributed by atoms with E-state index in [1.807, 2.05) is 24.3 Å². The van der Waals surface area contributed by atoms with E-state index in [4.69, 9.17) is 21.1 Å². The number of methoxy groups -OCH3 is 1. The summed E-state index contributed by atoms with van der Waals surface area (Å²) in [6, 6.07) is 7.67. The van der Waals surface area contributed by atoms with Crippen molar-refractivity contribution in [3.05, 3.63) is 35.7 Å². The van der Waals surface area contributed by atoms with Gasteiger partial charge in [-0.25, -0.2) is 9.97 Å². The molecule has 0 amide bonds. The molecule has 4 nitrogen and oxygen atoms in total. The van der Waals surface area contributed by atoms with Crippen molar-refractivity contribution >= 4 is 11.6 Å². The Bertz CT molecular complexity index is 561. The molecule has 5 heteroatoms. The zero-order valence-electron chi connectivity index (χ0n) is 10.9. The highest BCUT2D eigenvalue weighted by atomic mass is 35.5. The van der Waals surface area contributed by atoms with Gasteiger partial charge in [-0.05, 0) is 18.6 Å². The molecule has 0 radical (unpaired) electrons. The summed E-state index contributed by atoms with van der Waals surface area (Å²) >= 11 is 6.02. The first-order valence-electron chi connectivity index (χ1n) is 6.04. The lowest BCUT2D eigenvalue weighted by atomic mass is 10.1. The lowest BCUT2D eigenvalue weighted by Crippen LogP contribution is -1.99. The van der Waals surface area contributed by atoms with E-state index in [9.17, 15) is 0 Å². The van der Waals surface area contributed by atoms with Gasteiger partial charge < -0.3 is 9.47 Å². The molecule has 1 heterocycles. The molecule has 0 aliphatic carbocycles. The van der Waals surface area contributed by atoms with Crippen molar-refractivity contribution in [3.8, 4) is 22.8 Å². The summed E-state index contributed by atoms with van der Waals surface area (Å²) in [6.07, 6.45) is 2.35. The summed E-state index contributed by atoms with van der Waals surface area (Å²) < 4.78 is 11.0. The minimum Gasteiger partial charge on any atom is -0.493 e. The lowest BCUT2D eigenvalue weighted by molar-refractivity contribution is 0.318. The van der Waals surface area contributed by atoms with Crippen molar-refractivity contribution in [1.29, 1.82) is 0 Å². The predicted octanol–water partition coefficient (Wildman–Crippen LogP) is 3.59. The highest BCUT2D eigenvalue weighted by Crippen LogP contribution is 2.37. The molecule has 0 unspecified atom stereocenters. The molecular weight excluding hydrogens is 264 g/mol. The molecule has 0 spiro atoms. The van der Waals surface area contributed by atoms with E-state index in [1.54, 1.807) is 7.11 Å². The molecule has 0 N–H and O–H groups in total. The first kappa shape index (κ1) is 13.6. The normalized spacial score (nSPS) is 10.3. The van der Waals surface area contributed by atoms with Crippen LogP contribution in [0.3, 0.4) is 0 Å². The van der Waals surface area contributed by atoms with Crippen molar-refractivity contribution in [1.82, 2.24) is 9.97 Å². The van der Waals surface area contributed by atoms with Gasteiger partial charge in [0, 0.05) is 5.56 Å². The molecule has 2 rings (SSSR count). The van der Waals surface area contributed by atoms with Gasteiger partial charge in [0.15, 0.2) is 10.9 Å². The van der Waals surface area contributed by atoms with Crippen LogP contribution < -0.4 is 9.47 Å². The highest BCUT2D eigenvalue weighted by Gasteiger charge is 2.15. The Balaban J connectivity index is 2.49. The first-order valence-corrected chi connectivity index (χ1v) is 6.42. The average molecular weight is 279 g/mol. The van der Waals surface area contributed by atoms with Crippen molar-refractivity contribution in [3.63, 3.8) is 0 Å². The van der Waals surface area contributed by atoms with Crippen LogP contribution in [-0.4, -0.2) is 23.7 Å². The number of hydrogen-bond donors (Lipinski definition) is 0. The molecule has 2 aromatic rings. The number of hydrogen-bond acceptors (Lipinski definition) is 4. The lowest BCUT2D eigenvalue weighted by Gasteiger charge is -2.13. The van der Waals surface area contributed by atoms with E-state index < -0.39 is 0 Å². The quantitative estimate of drug-likeness (QED) is 0.784. The Morgan fingerprint density at radius 2 is 2.00 bits per heavy atom. The summed E-state index contributed by atoms with van der Waals surface area (Å²) in [7, 11) is 1.55. The van der Waals surface area contributed by atoms with E-state index in [1.165, 1.54) is 6.33 Å². The number of rotatable bonds is 5. The third kappa shape index (κ3) is 2.96. The third-order valence-corrected chi connectivity index (χ3v) is 2.84. The summed E-state index contributed by atoms with van der Waals surface area (Å²) in [6.45, 7) is 2.71. The van der Waals surface area contributed by atoms with Gasteiger partial charge in [-0.3, -0.25) is 0 Å². The van der Waals surface area contributed by atoms with Crippen LogP contribution in [0.15, 0.2) is 30.6 Å². The Hall–Kier alpha value is -1.81. The SMILES string of the molecule is CCCOc1ccccc1-c1ncnc(Cl)c1OC. The second-order valence-electron chi connectivity index (χ2n) is 3.89. The minimum atomic E-state index is 0.290. The number of para-hydroxylation sites is 1. The topological polar surface area (TPSA) is 44.2 Å². The van der Waals surface area contributed by atoms with Gasteiger partial charge in [0.1, 0.15) is 17.8 Å². The molecule has 0 fully saturated rings. The molecule has 0 atom stereocenters. The van der Waals surface area contributed by atoms with Gasteiger partial charge in [0.25, 0.3) is 0 Å². The van der Waals surface area contributed by atoms with Crippen molar-refractivity contribution < 1.29 is 9.47 Å². The number of halogens is 1. The zero-order valence-corrected chi connectivity index (χ0v) is 11.6. The average Bonchev–Trinajstić information content (AvgIpc) is 2.45. The van der Waals surface area contributed by atoms with Crippen LogP contribution in [0.1, 0.15) is 13.3 Å². The van der Waals surface area contributed by atoms with Gasteiger partial charge >= 0.3 is 0 Å². The molecule has 0 aliphatic heterocycles. The second kappa shape index (κ2) is 6.38. The molecule has 0 bridgehead atoms. The number of nitrogens with zero attached hydrogens (tertiary/aromatic N) is 2. The maximum atomic E-state index is 6.02. The van der Waals surface area contributed by atoms with Gasteiger partial charge in [-0.2, -0.15) is 0 Å². The summed E-state index contributed by atoms with van der Waals surface area (Å²) in [4.78, 5) is 8.17. The predicted molar refractivity (Wildman–Crippen MR) is 74.8 cm³/mol. The van der Waals surface area contributed by atoms with E-state index >= 15 is 0 Å². The maximum absolute atomic E-state index is 6.02. The monoisotopic (exact) mass is 278 g/mol. The Labute approximate surface area is 117 Å². The Morgan fingerprint density at radius 3 is 2.74 bits per heavy atom. The second-order valence-corrected chi connectivity index (χ2v) is 4.25. The molecule has 100 valence electrons. The van der Waals surface area contributed by atoms with Crippen LogP contribution in [0.5, 0.6) is 11.5 Å². The van der Waals surface area contributed by atoms with E-state index in [0.717, 1.165) is 17.7 Å². The van der Waals surface area contributed by atoms with Gasteiger partial charge in [0.2, 0.25) is 0 Å². The van der Waals surface area contributed by atoms with Gasteiger partial charge in [-0.15, -0.1) is 0 Å². The first-order chi connectivity index (χ1) is 9.27.